The zero-order valence-corrected chi connectivity index (χ0v) is 13.2. The maximum Gasteiger partial charge on any atom is 0.258 e. The summed E-state index contributed by atoms with van der Waals surface area (Å²) in [5.74, 6) is 0.00933. The molecule has 0 bridgehead atoms. The van der Waals surface area contributed by atoms with Crippen LogP contribution >= 0.6 is 11.3 Å². The Morgan fingerprint density at radius 1 is 1.04 bits per heavy atom. The summed E-state index contributed by atoms with van der Waals surface area (Å²) in [4.78, 5) is 20.7. The number of nitrogens with two attached hydrogens (primary N) is 1. The van der Waals surface area contributed by atoms with Gasteiger partial charge in [0.25, 0.3) is 11.9 Å². The minimum absolute atomic E-state index is 0.139. The van der Waals surface area contributed by atoms with Gasteiger partial charge in [-0.3, -0.25) is 10.1 Å². The molecule has 24 heavy (non-hydrogen) atoms. The summed E-state index contributed by atoms with van der Waals surface area (Å²) in [5, 5.41) is 7.47. The number of amides is 1. The van der Waals surface area contributed by atoms with Crippen molar-refractivity contribution in [2.75, 3.05) is 11.1 Å². The number of rotatable bonds is 3. The molecule has 0 fully saturated rings. The fraction of sp³-hybridized carbons (Fsp3) is 0. The molecule has 4 rings (SSSR count). The first-order chi connectivity index (χ1) is 11.7. The Kier molecular flexibility index (Phi) is 3.43. The standard InChI is InChI=1S/C16H12N6OS/c17-14-20-15(19-13(23)10-6-2-1-3-7-10)21-22(14)16-18-11-8-4-5-9-12(11)24-16/h1-9H,(H3,17,19,20,21,23). The molecular weight excluding hydrogens is 324 g/mol. The number of anilines is 2. The summed E-state index contributed by atoms with van der Waals surface area (Å²) < 4.78 is 2.45. The average molecular weight is 336 g/mol. The van der Waals surface area contributed by atoms with E-state index >= 15 is 0 Å². The number of hydrogen-bond acceptors (Lipinski definition) is 6. The molecule has 8 heteroatoms. The van der Waals surface area contributed by atoms with Crippen LogP contribution in [0.5, 0.6) is 0 Å². The van der Waals surface area contributed by atoms with Crippen LogP contribution in [0.25, 0.3) is 15.3 Å². The molecule has 1 amide bonds. The number of para-hydroxylation sites is 1. The van der Waals surface area contributed by atoms with Crippen molar-refractivity contribution < 1.29 is 4.79 Å². The number of hydrogen-bond donors (Lipinski definition) is 2. The molecule has 0 saturated carbocycles. The Morgan fingerprint density at radius 3 is 2.58 bits per heavy atom. The first-order valence-electron chi connectivity index (χ1n) is 7.15. The Morgan fingerprint density at radius 2 is 1.79 bits per heavy atom. The van der Waals surface area contributed by atoms with Gasteiger partial charge in [-0.15, -0.1) is 5.10 Å². The molecule has 2 aromatic carbocycles. The summed E-state index contributed by atoms with van der Waals surface area (Å²) >= 11 is 1.45. The summed E-state index contributed by atoms with van der Waals surface area (Å²) in [6, 6.07) is 16.6. The number of nitrogens with one attached hydrogen (secondary N) is 1. The van der Waals surface area contributed by atoms with Crippen LogP contribution in [-0.4, -0.2) is 25.7 Å². The van der Waals surface area contributed by atoms with Crippen LogP contribution in [0, 0.1) is 0 Å². The van der Waals surface area contributed by atoms with E-state index in [1.165, 1.54) is 16.0 Å². The maximum absolute atomic E-state index is 12.2. The van der Waals surface area contributed by atoms with Gasteiger partial charge in [0.15, 0.2) is 0 Å². The van der Waals surface area contributed by atoms with Crippen molar-refractivity contribution in [1.82, 2.24) is 19.7 Å². The molecule has 2 aromatic heterocycles. The highest BCUT2D eigenvalue weighted by molar-refractivity contribution is 7.20. The summed E-state index contributed by atoms with van der Waals surface area (Å²) in [6.07, 6.45) is 0. The maximum atomic E-state index is 12.2. The molecule has 0 radical (unpaired) electrons. The van der Waals surface area contributed by atoms with Gasteiger partial charge in [0.2, 0.25) is 11.1 Å². The van der Waals surface area contributed by atoms with Gasteiger partial charge in [-0.05, 0) is 24.3 Å². The number of thiazole rings is 1. The van der Waals surface area contributed by atoms with Crippen molar-refractivity contribution in [3.8, 4) is 5.13 Å². The average Bonchev–Trinajstić information content (AvgIpc) is 3.18. The minimum Gasteiger partial charge on any atom is -0.368 e. The highest BCUT2D eigenvalue weighted by Gasteiger charge is 2.15. The van der Waals surface area contributed by atoms with Gasteiger partial charge in [0.05, 0.1) is 10.2 Å². The van der Waals surface area contributed by atoms with Crippen molar-refractivity contribution in [1.29, 1.82) is 0 Å². The third-order valence-corrected chi connectivity index (χ3v) is 4.37. The van der Waals surface area contributed by atoms with Crippen molar-refractivity contribution in [3.63, 3.8) is 0 Å². The van der Waals surface area contributed by atoms with E-state index in [9.17, 15) is 4.79 Å². The zero-order chi connectivity index (χ0) is 16.5. The van der Waals surface area contributed by atoms with Crippen molar-refractivity contribution in [2.45, 2.75) is 0 Å². The van der Waals surface area contributed by atoms with Crippen LogP contribution in [0.4, 0.5) is 11.9 Å². The van der Waals surface area contributed by atoms with E-state index in [0.29, 0.717) is 10.7 Å². The van der Waals surface area contributed by atoms with Crippen LogP contribution in [-0.2, 0) is 0 Å². The quantitative estimate of drug-likeness (QED) is 0.599. The van der Waals surface area contributed by atoms with Gasteiger partial charge in [0.1, 0.15) is 0 Å². The second kappa shape index (κ2) is 5.74. The number of fused-ring (bicyclic) bond motifs is 1. The first kappa shape index (κ1) is 14.3. The molecule has 0 aliphatic rings. The predicted octanol–water partition coefficient (Wildman–Crippen LogP) is 2.71. The number of aromatic nitrogens is 4. The lowest BCUT2D eigenvalue weighted by molar-refractivity contribution is 0.102. The summed E-state index contributed by atoms with van der Waals surface area (Å²) in [7, 11) is 0. The van der Waals surface area contributed by atoms with Crippen LogP contribution < -0.4 is 11.1 Å². The number of carbonyl (C=O) groups excluding carboxylic acids is 1. The Balaban J connectivity index is 1.64. The molecule has 0 unspecified atom stereocenters. The molecule has 0 saturated heterocycles. The van der Waals surface area contributed by atoms with Crippen molar-refractivity contribution in [3.05, 3.63) is 60.2 Å². The van der Waals surface area contributed by atoms with Crippen molar-refractivity contribution >= 4 is 39.4 Å². The van der Waals surface area contributed by atoms with Crippen LogP contribution in [0.15, 0.2) is 54.6 Å². The molecule has 0 spiro atoms. The first-order valence-corrected chi connectivity index (χ1v) is 7.97. The van der Waals surface area contributed by atoms with E-state index < -0.39 is 0 Å². The Hall–Kier alpha value is -3.26. The van der Waals surface area contributed by atoms with Crippen LogP contribution in [0.1, 0.15) is 10.4 Å². The fourth-order valence-corrected chi connectivity index (χ4v) is 3.16. The smallest absolute Gasteiger partial charge is 0.258 e. The molecule has 7 nitrogen and oxygen atoms in total. The molecule has 0 aliphatic carbocycles. The van der Waals surface area contributed by atoms with Gasteiger partial charge >= 0.3 is 0 Å². The molecule has 2 heterocycles. The van der Waals surface area contributed by atoms with E-state index in [4.69, 9.17) is 5.73 Å². The summed E-state index contributed by atoms with van der Waals surface area (Å²) in [6.45, 7) is 0. The molecular formula is C16H12N6OS. The number of nitrogens with zero attached hydrogens (tertiary/aromatic N) is 4. The Bertz CT molecular complexity index is 990. The number of carbonyl (C=O) groups is 1. The van der Waals surface area contributed by atoms with Crippen LogP contribution in [0.3, 0.4) is 0 Å². The van der Waals surface area contributed by atoms with E-state index in [1.54, 1.807) is 24.3 Å². The third kappa shape index (κ3) is 2.59. The van der Waals surface area contributed by atoms with E-state index in [1.807, 2.05) is 30.3 Å². The van der Waals surface area contributed by atoms with E-state index in [2.05, 4.69) is 20.4 Å². The lowest BCUT2D eigenvalue weighted by Gasteiger charge is -1.99. The molecule has 0 aliphatic heterocycles. The molecule has 4 aromatic rings. The van der Waals surface area contributed by atoms with Gasteiger partial charge in [-0.25, -0.2) is 4.98 Å². The predicted molar refractivity (Wildman–Crippen MR) is 93.3 cm³/mol. The van der Waals surface area contributed by atoms with Gasteiger partial charge in [-0.1, -0.05) is 41.7 Å². The highest BCUT2D eigenvalue weighted by atomic mass is 32.1. The van der Waals surface area contributed by atoms with Crippen molar-refractivity contribution in [2.24, 2.45) is 0 Å². The van der Waals surface area contributed by atoms with Gasteiger partial charge in [0, 0.05) is 5.56 Å². The second-order valence-electron chi connectivity index (χ2n) is 4.99. The second-order valence-corrected chi connectivity index (χ2v) is 6.00. The lowest BCUT2D eigenvalue weighted by Crippen LogP contribution is -2.13. The van der Waals surface area contributed by atoms with E-state index in [0.717, 1.165) is 10.2 Å². The molecule has 3 N–H and O–H groups in total. The normalized spacial score (nSPS) is 10.8. The fourth-order valence-electron chi connectivity index (χ4n) is 2.23. The Labute approximate surface area is 140 Å². The molecule has 0 atom stereocenters. The summed E-state index contributed by atoms with van der Waals surface area (Å²) in [5.41, 5.74) is 7.30. The molecule has 118 valence electrons. The minimum atomic E-state index is -0.294. The van der Waals surface area contributed by atoms with Crippen LogP contribution in [0.2, 0.25) is 0 Å². The number of nitrogen functional groups attached to an aromatic ring is 1. The monoisotopic (exact) mass is 336 g/mol. The van der Waals surface area contributed by atoms with E-state index in [-0.39, 0.29) is 17.8 Å². The SMILES string of the molecule is Nc1nc(NC(=O)c2ccccc2)nn1-c1nc2ccccc2s1. The highest BCUT2D eigenvalue weighted by Crippen LogP contribution is 2.25. The van der Waals surface area contributed by atoms with Gasteiger partial charge < -0.3 is 5.73 Å². The topological polar surface area (TPSA) is 98.7 Å². The lowest BCUT2D eigenvalue weighted by atomic mass is 10.2. The number of benzene rings is 2. The third-order valence-electron chi connectivity index (χ3n) is 3.36. The largest absolute Gasteiger partial charge is 0.368 e. The van der Waals surface area contributed by atoms with Gasteiger partial charge in [-0.2, -0.15) is 9.67 Å². The zero-order valence-electron chi connectivity index (χ0n) is 12.4.